The maximum absolute atomic E-state index is 13.5. The fraction of sp³-hybridized carbons (Fsp3) is 0.450. The Balaban J connectivity index is 2.65. The zero-order valence-electron chi connectivity index (χ0n) is 18.0. The monoisotopic (exact) mass is 498 g/mol. The van der Waals surface area contributed by atoms with Gasteiger partial charge in [0.05, 0.1) is 24.8 Å². The lowest BCUT2D eigenvalue weighted by Crippen LogP contribution is -2.42. The fourth-order valence-corrected chi connectivity index (χ4v) is 3.62. The molecule has 0 saturated heterocycles. The molecule has 0 aliphatic heterocycles. The predicted octanol–water partition coefficient (Wildman–Crippen LogP) is 1.99. The molecule has 0 fully saturated rings. The van der Waals surface area contributed by atoms with Crippen LogP contribution in [0.4, 0.5) is 11.5 Å². The number of nitrogens with zero attached hydrogens (tertiary/aromatic N) is 2. The van der Waals surface area contributed by atoms with E-state index >= 15 is 0 Å². The summed E-state index contributed by atoms with van der Waals surface area (Å²) in [7, 11) is 2.94. The number of carbonyl (C=O) groups is 1. The summed E-state index contributed by atoms with van der Waals surface area (Å²) in [4.78, 5) is 41.7. The Morgan fingerprint density at radius 3 is 2.55 bits per heavy atom. The summed E-state index contributed by atoms with van der Waals surface area (Å²) in [5.41, 5.74) is 4.90. The lowest BCUT2D eigenvalue weighted by molar-refractivity contribution is 0.0975. The lowest BCUT2D eigenvalue weighted by atomic mass is 10.1. The van der Waals surface area contributed by atoms with Crippen molar-refractivity contribution in [2.75, 3.05) is 44.6 Å². The number of nitrogens with two attached hydrogens (primary N) is 1. The van der Waals surface area contributed by atoms with Crippen molar-refractivity contribution in [2.24, 2.45) is 0 Å². The fourth-order valence-electron chi connectivity index (χ4n) is 3.06. The van der Waals surface area contributed by atoms with E-state index in [-0.39, 0.29) is 30.2 Å². The van der Waals surface area contributed by atoms with Gasteiger partial charge in [-0.1, -0.05) is 6.92 Å². The Morgan fingerprint density at radius 1 is 1.26 bits per heavy atom. The molecule has 2 aromatic rings. The number of nitrogens with one attached hydrogen (secondary N) is 1. The molecule has 0 aliphatic rings. The van der Waals surface area contributed by atoms with Crippen molar-refractivity contribution in [3.05, 3.63) is 43.0 Å². The Kier molecular flexibility index (Phi) is 8.69. The summed E-state index contributed by atoms with van der Waals surface area (Å²) in [5, 5.41) is 0. The largest absolute Gasteiger partial charge is 0.493 e. The molecule has 1 amide bonds. The van der Waals surface area contributed by atoms with E-state index in [0.29, 0.717) is 35.5 Å². The molecule has 1 heterocycles. The van der Waals surface area contributed by atoms with Crippen LogP contribution in [0.1, 0.15) is 30.6 Å². The van der Waals surface area contributed by atoms with Crippen molar-refractivity contribution < 1.29 is 19.0 Å². The predicted molar refractivity (Wildman–Crippen MR) is 121 cm³/mol. The van der Waals surface area contributed by atoms with E-state index in [1.54, 1.807) is 6.07 Å². The second-order valence-corrected chi connectivity index (χ2v) is 7.37. The molecule has 11 heteroatoms. The molecule has 0 radical (unpaired) electrons. The maximum Gasteiger partial charge on any atom is 0.330 e. The highest BCUT2D eigenvalue weighted by molar-refractivity contribution is 9.10. The third-order valence-corrected chi connectivity index (χ3v) is 5.05. The molecule has 3 N–H and O–H groups in total. The Morgan fingerprint density at radius 2 is 1.97 bits per heavy atom. The quantitative estimate of drug-likeness (QED) is 0.512. The molecule has 0 unspecified atom stereocenters. The zero-order valence-corrected chi connectivity index (χ0v) is 19.6. The van der Waals surface area contributed by atoms with Crippen LogP contribution in [0.5, 0.6) is 11.5 Å². The Bertz CT molecular complexity index is 1050. The number of aromatic nitrogens is 2. The van der Waals surface area contributed by atoms with Crippen LogP contribution in [0, 0.1) is 0 Å². The first-order valence-electron chi connectivity index (χ1n) is 9.74. The number of ether oxygens (including phenoxy) is 3. The van der Waals surface area contributed by atoms with Gasteiger partial charge in [-0.3, -0.25) is 24.0 Å². The van der Waals surface area contributed by atoms with Gasteiger partial charge in [0.25, 0.3) is 11.5 Å². The van der Waals surface area contributed by atoms with Crippen molar-refractivity contribution in [1.29, 1.82) is 0 Å². The molecular weight excluding hydrogens is 472 g/mol. The molecule has 0 bridgehead atoms. The van der Waals surface area contributed by atoms with Gasteiger partial charge < -0.3 is 19.9 Å². The van der Waals surface area contributed by atoms with Crippen LogP contribution in [-0.4, -0.2) is 49.4 Å². The molecule has 2 rings (SSSR count). The average molecular weight is 499 g/mol. The number of benzene rings is 1. The van der Waals surface area contributed by atoms with E-state index < -0.39 is 17.2 Å². The van der Waals surface area contributed by atoms with Crippen LogP contribution in [0.2, 0.25) is 0 Å². The number of amides is 1. The number of halogens is 1. The van der Waals surface area contributed by atoms with Crippen LogP contribution >= 0.6 is 15.9 Å². The third-order valence-electron chi connectivity index (χ3n) is 4.46. The van der Waals surface area contributed by atoms with Crippen molar-refractivity contribution >= 4 is 33.3 Å². The molecule has 1 aromatic carbocycles. The number of anilines is 2. The van der Waals surface area contributed by atoms with E-state index in [2.05, 4.69) is 20.9 Å². The van der Waals surface area contributed by atoms with E-state index in [4.69, 9.17) is 19.9 Å². The van der Waals surface area contributed by atoms with Crippen LogP contribution in [-0.2, 0) is 11.3 Å². The van der Waals surface area contributed by atoms with E-state index in [1.807, 2.05) is 13.8 Å². The first-order chi connectivity index (χ1) is 14.8. The first-order valence-corrected chi connectivity index (χ1v) is 10.5. The van der Waals surface area contributed by atoms with E-state index in [0.717, 1.165) is 0 Å². The minimum Gasteiger partial charge on any atom is -0.493 e. The number of aromatic amines is 1. The van der Waals surface area contributed by atoms with Crippen molar-refractivity contribution in [2.45, 2.75) is 26.8 Å². The van der Waals surface area contributed by atoms with Gasteiger partial charge in [-0.2, -0.15) is 0 Å². The molecule has 0 saturated carbocycles. The van der Waals surface area contributed by atoms with Gasteiger partial charge >= 0.3 is 5.69 Å². The molecule has 170 valence electrons. The van der Waals surface area contributed by atoms with Gasteiger partial charge in [-0.05, 0) is 41.4 Å². The van der Waals surface area contributed by atoms with Crippen molar-refractivity contribution in [3.63, 3.8) is 0 Å². The Labute approximate surface area is 188 Å². The first kappa shape index (κ1) is 24.5. The molecule has 0 spiro atoms. The van der Waals surface area contributed by atoms with Gasteiger partial charge in [-0.25, -0.2) is 4.79 Å². The van der Waals surface area contributed by atoms with Crippen LogP contribution < -0.4 is 31.4 Å². The van der Waals surface area contributed by atoms with Gasteiger partial charge in [0.15, 0.2) is 17.2 Å². The van der Waals surface area contributed by atoms with Crippen LogP contribution in [0.25, 0.3) is 0 Å². The number of carbonyl (C=O) groups excluding carboxylic acids is 1. The van der Waals surface area contributed by atoms with Crippen molar-refractivity contribution in [1.82, 2.24) is 9.55 Å². The minimum absolute atomic E-state index is 0.0418. The van der Waals surface area contributed by atoms with Crippen molar-refractivity contribution in [3.8, 4) is 11.5 Å². The highest BCUT2D eigenvalue weighted by Gasteiger charge is 2.26. The number of H-pyrrole nitrogens is 1. The second-order valence-electron chi connectivity index (χ2n) is 6.52. The number of nitrogen functional groups attached to an aromatic ring is 1. The van der Waals surface area contributed by atoms with Gasteiger partial charge in [0.1, 0.15) is 5.82 Å². The van der Waals surface area contributed by atoms with E-state index in [9.17, 15) is 14.4 Å². The lowest BCUT2D eigenvalue weighted by Gasteiger charge is -2.25. The van der Waals surface area contributed by atoms with Crippen LogP contribution in [0.15, 0.2) is 26.2 Å². The summed E-state index contributed by atoms with van der Waals surface area (Å²) in [6.45, 7) is 4.59. The molecule has 0 atom stereocenters. The van der Waals surface area contributed by atoms with Gasteiger partial charge in [-0.15, -0.1) is 0 Å². The standard InChI is InChI=1S/C20H27BrN4O6/c1-5-7-25-17(22)15(18(26)23-20(25)28)24(8-9-29-3)19(27)12-10-13(21)16(31-6-2)14(11-12)30-4/h10-11H,5-9,22H2,1-4H3,(H,23,26,28). The SMILES string of the molecule is CCCn1c(N)c(N(CCOC)C(=O)c2cc(Br)c(OCC)c(OC)c2)c(=O)[nH]c1=O. The normalized spacial score (nSPS) is 10.7. The summed E-state index contributed by atoms with van der Waals surface area (Å²) >= 11 is 3.40. The van der Waals surface area contributed by atoms with Gasteiger partial charge in [0.2, 0.25) is 0 Å². The smallest absolute Gasteiger partial charge is 0.330 e. The summed E-state index contributed by atoms with van der Waals surface area (Å²) in [6, 6.07) is 3.09. The van der Waals surface area contributed by atoms with Crippen LogP contribution in [0.3, 0.4) is 0 Å². The second kappa shape index (κ2) is 11.0. The molecule has 1 aromatic heterocycles. The highest BCUT2D eigenvalue weighted by Crippen LogP contribution is 2.37. The number of rotatable bonds is 10. The number of methoxy groups -OCH3 is 2. The molecule has 10 nitrogen and oxygen atoms in total. The Hall–Kier alpha value is -2.79. The van der Waals surface area contributed by atoms with E-state index in [1.165, 1.54) is 29.8 Å². The summed E-state index contributed by atoms with van der Waals surface area (Å²) in [5.74, 6) is 0.206. The summed E-state index contributed by atoms with van der Waals surface area (Å²) in [6.07, 6.45) is 0.616. The number of hydrogen-bond donors (Lipinski definition) is 2. The molecule has 31 heavy (non-hydrogen) atoms. The zero-order chi connectivity index (χ0) is 23.1. The topological polar surface area (TPSA) is 129 Å². The highest BCUT2D eigenvalue weighted by atomic mass is 79.9. The van der Waals surface area contributed by atoms with Gasteiger partial charge in [0, 0.05) is 25.8 Å². The molecular formula is C20H27BrN4O6. The third kappa shape index (κ3) is 5.28. The minimum atomic E-state index is -0.753. The molecule has 0 aliphatic carbocycles. The number of hydrogen-bond acceptors (Lipinski definition) is 7. The summed E-state index contributed by atoms with van der Waals surface area (Å²) < 4.78 is 17.8. The maximum atomic E-state index is 13.5. The average Bonchev–Trinajstić information content (AvgIpc) is 2.74.